The summed E-state index contributed by atoms with van der Waals surface area (Å²) in [5, 5.41) is 9.87. The first-order valence-electron chi connectivity index (χ1n) is 11.1. The summed E-state index contributed by atoms with van der Waals surface area (Å²) in [6.45, 7) is 4.96. The molecule has 0 radical (unpaired) electrons. The van der Waals surface area contributed by atoms with Crippen molar-refractivity contribution in [2.24, 2.45) is 0 Å². The zero-order chi connectivity index (χ0) is 23.0. The number of aliphatic hydroxyl groups is 1. The van der Waals surface area contributed by atoms with Crippen molar-refractivity contribution in [3.05, 3.63) is 29.8 Å². The van der Waals surface area contributed by atoms with Gasteiger partial charge in [-0.3, -0.25) is 4.55 Å². The fourth-order valence-corrected chi connectivity index (χ4v) is 4.38. The molecule has 1 unspecified atom stereocenters. The molecule has 7 heteroatoms. The Kier molecular flexibility index (Phi) is 15.8. The van der Waals surface area contributed by atoms with E-state index in [1.165, 1.54) is 69.3 Å². The summed E-state index contributed by atoms with van der Waals surface area (Å²) in [5.74, 6) is 2.11. The van der Waals surface area contributed by atoms with E-state index in [4.69, 9.17) is 4.55 Å². The molecule has 0 aliphatic rings. The standard InChI is InChI=1S/C16H36NOS.C7H8O3S/c1-5-6-7-8-9-10-11-12-13-19-15-16(18)14-17(2,3)4;1-6-2-4-7(5-3-6)11(8,9)10/h16,18H,5-15H2,1-4H3;2-5H,1H3,(H,8,9,10)/q+1;. The SMILES string of the molecule is CCCCCCCCCCSCC(O)C[N+](C)(C)C.Cc1ccc(S(=O)(=O)O)cc1. The van der Waals surface area contributed by atoms with Crippen LogP contribution in [0, 0.1) is 6.92 Å². The van der Waals surface area contributed by atoms with Crippen LogP contribution in [0.15, 0.2) is 29.2 Å². The van der Waals surface area contributed by atoms with E-state index in [9.17, 15) is 13.5 Å². The Labute approximate surface area is 189 Å². The number of hydrogen-bond donors (Lipinski definition) is 2. The first-order chi connectivity index (χ1) is 14.0. The first kappa shape index (κ1) is 29.4. The molecule has 0 saturated carbocycles. The van der Waals surface area contributed by atoms with Crippen LogP contribution in [0.4, 0.5) is 0 Å². The topological polar surface area (TPSA) is 74.6 Å². The Bertz CT molecular complexity index is 640. The molecule has 1 rings (SSSR count). The van der Waals surface area contributed by atoms with Crippen LogP contribution in [0.5, 0.6) is 0 Å². The third-order valence-electron chi connectivity index (χ3n) is 4.53. The van der Waals surface area contributed by atoms with Crippen LogP contribution in [0.2, 0.25) is 0 Å². The van der Waals surface area contributed by atoms with Gasteiger partial charge in [-0.05, 0) is 31.2 Å². The van der Waals surface area contributed by atoms with Gasteiger partial charge in [-0.25, -0.2) is 0 Å². The molecule has 0 aliphatic carbocycles. The van der Waals surface area contributed by atoms with Crippen LogP contribution >= 0.6 is 11.8 Å². The first-order valence-corrected chi connectivity index (χ1v) is 13.7. The summed E-state index contributed by atoms with van der Waals surface area (Å²) < 4.78 is 30.4. The number of aliphatic hydroxyl groups excluding tert-OH is 1. The Morgan fingerprint density at radius 2 is 1.43 bits per heavy atom. The average Bonchev–Trinajstić information content (AvgIpc) is 2.62. The van der Waals surface area contributed by atoms with E-state index in [2.05, 4.69) is 28.1 Å². The molecule has 0 saturated heterocycles. The zero-order valence-corrected chi connectivity index (χ0v) is 21.3. The van der Waals surface area contributed by atoms with Crippen molar-refractivity contribution in [3.8, 4) is 0 Å². The highest BCUT2D eigenvalue weighted by molar-refractivity contribution is 7.99. The summed E-state index contributed by atoms with van der Waals surface area (Å²) in [4.78, 5) is -0.0666. The lowest BCUT2D eigenvalue weighted by atomic mass is 10.1. The predicted octanol–water partition coefficient (Wildman–Crippen LogP) is 5.17. The van der Waals surface area contributed by atoms with Gasteiger partial charge in [-0.1, -0.05) is 69.6 Å². The lowest BCUT2D eigenvalue weighted by Gasteiger charge is -2.26. The Balaban J connectivity index is 0.000000642. The molecule has 0 spiro atoms. The molecule has 30 heavy (non-hydrogen) atoms. The number of nitrogens with zero attached hydrogens (tertiary/aromatic N) is 1. The monoisotopic (exact) mass is 462 g/mol. The molecule has 1 aromatic rings. The maximum Gasteiger partial charge on any atom is 0.294 e. The molecule has 1 atom stereocenters. The number of thioether (sulfide) groups is 1. The summed E-state index contributed by atoms with van der Waals surface area (Å²) in [6.07, 6.45) is 10.9. The maximum absolute atomic E-state index is 10.5. The quantitative estimate of drug-likeness (QED) is 0.227. The maximum atomic E-state index is 10.5. The molecule has 0 aliphatic heterocycles. The van der Waals surface area contributed by atoms with Gasteiger partial charge in [0.2, 0.25) is 0 Å². The lowest BCUT2D eigenvalue weighted by molar-refractivity contribution is -0.873. The summed E-state index contributed by atoms with van der Waals surface area (Å²) in [7, 11) is 2.37. The minimum absolute atomic E-state index is 0.0666. The minimum Gasteiger partial charge on any atom is -0.386 e. The summed E-state index contributed by atoms with van der Waals surface area (Å²) >= 11 is 1.91. The van der Waals surface area contributed by atoms with Gasteiger partial charge in [0.1, 0.15) is 12.6 Å². The third kappa shape index (κ3) is 18.2. The highest BCUT2D eigenvalue weighted by Crippen LogP contribution is 2.12. The van der Waals surface area contributed by atoms with Crippen LogP contribution in [0.3, 0.4) is 0 Å². The van der Waals surface area contributed by atoms with Gasteiger partial charge < -0.3 is 9.59 Å². The number of likely N-dealkylation sites (N-methyl/N-ethyl adjacent to an activating group) is 1. The predicted molar refractivity (Wildman–Crippen MR) is 130 cm³/mol. The van der Waals surface area contributed by atoms with Crippen molar-refractivity contribution in [2.75, 3.05) is 39.2 Å². The number of rotatable bonds is 14. The molecule has 1 aromatic carbocycles. The third-order valence-corrected chi connectivity index (χ3v) is 6.60. The fourth-order valence-electron chi connectivity index (χ4n) is 2.95. The molecule has 0 amide bonds. The fraction of sp³-hybridized carbons (Fsp3) is 0.739. The van der Waals surface area contributed by atoms with Crippen molar-refractivity contribution >= 4 is 21.9 Å². The Hall–Kier alpha value is -0.600. The number of hydrogen-bond acceptors (Lipinski definition) is 4. The largest absolute Gasteiger partial charge is 0.386 e. The highest BCUT2D eigenvalue weighted by Gasteiger charge is 2.14. The summed E-state index contributed by atoms with van der Waals surface area (Å²) in [5.41, 5.74) is 0.956. The molecule has 2 N–H and O–H groups in total. The molecule has 5 nitrogen and oxygen atoms in total. The minimum atomic E-state index is -4.02. The molecule has 0 bridgehead atoms. The van der Waals surface area contributed by atoms with Crippen LogP contribution in [0.25, 0.3) is 0 Å². The van der Waals surface area contributed by atoms with E-state index in [1.54, 1.807) is 12.1 Å². The molecular weight excluding hydrogens is 418 g/mol. The van der Waals surface area contributed by atoms with Crippen LogP contribution in [-0.4, -0.2) is 67.9 Å². The molecule has 176 valence electrons. The van der Waals surface area contributed by atoms with Crippen LogP contribution in [0.1, 0.15) is 63.9 Å². The van der Waals surface area contributed by atoms with E-state index in [1.807, 2.05) is 18.7 Å². The highest BCUT2D eigenvalue weighted by atomic mass is 32.2. The van der Waals surface area contributed by atoms with Gasteiger partial charge in [0.05, 0.1) is 26.0 Å². The second-order valence-electron chi connectivity index (χ2n) is 8.96. The molecule has 0 fully saturated rings. The number of aryl methyl sites for hydroxylation is 1. The second-order valence-corrected chi connectivity index (χ2v) is 11.5. The second kappa shape index (κ2) is 16.1. The van der Waals surface area contributed by atoms with Gasteiger partial charge >= 0.3 is 0 Å². The van der Waals surface area contributed by atoms with Gasteiger partial charge in [0.15, 0.2) is 0 Å². The van der Waals surface area contributed by atoms with Crippen LogP contribution in [-0.2, 0) is 10.1 Å². The lowest BCUT2D eigenvalue weighted by Crippen LogP contribution is -2.42. The molecular formula is C23H44NO4S2+. The van der Waals surface area contributed by atoms with Gasteiger partial charge in [-0.2, -0.15) is 20.2 Å². The van der Waals surface area contributed by atoms with Crippen molar-refractivity contribution < 1.29 is 22.6 Å². The van der Waals surface area contributed by atoms with Gasteiger partial charge in [-0.15, -0.1) is 0 Å². The number of quaternary nitrogens is 1. The number of unbranched alkanes of at least 4 members (excludes halogenated alkanes) is 7. The van der Waals surface area contributed by atoms with Crippen molar-refractivity contribution in [1.82, 2.24) is 0 Å². The van der Waals surface area contributed by atoms with Gasteiger partial charge in [0.25, 0.3) is 10.1 Å². The van der Waals surface area contributed by atoms with E-state index in [0.29, 0.717) is 0 Å². The van der Waals surface area contributed by atoms with Crippen molar-refractivity contribution in [1.29, 1.82) is 0 Å². The summed E-state index contributed by atoms with van der Waals surface area (Å²) in [6, 6.07) is 5.99. The van der Waals surface area contributed by atoms with Crippen molar-refractivity contribution in [3.63, 3.8) is 0 Å². The Morgan fingerprint density at radius 1 is 0.933 bits per heavy atom. The molecule has 0 heterocycles. The smallest absolute Gasteiger partial charge is 0.294 e. The molecule has 0 aromatic heterocycles. The van der Waals surface area contributed by atoms with E-state index in [0.717, 1.165) is 22.3 Å². The van der Waals surface area contributed by atoms with E-state index >= 15 is 0 Å². The zero-order valence-electron chi connectivity index (χ0n) is 19.6. The van der Waals surface area contributed by atoms with E-state index in [-0.39, 0.29) is 11.0 Å². The van der Waals surface area contributed by atoms with E-state index < -0.39 is 10.1 Å². The number of benzene rings is 1. The average molecular weight is 463 g/mol. The van der Waals surface area contributed by atoms with Gasteiger partial charge in [0, 0.05) is 5.75 Å². The van der Waals surface area contributed by atoms with Crippen LogP contribution < -0.4 is 0 Å². The van der Waals surface area contributed by atoms with Crippen molar-refractivity contribution in [2.45, 2.75) is 76.2 Å². The Morgan fingerprint density at radius 3 is 1.90 bits per heavy atom. The normalized spacial score (nSPS) is 12.9.